The molecule has 0 aliphatic carbocycles. The van der Waals surface area contributed by atoms with E-state index >= 15 is 0 Å². The van der Waals surface area contributed by atoms with Crippen LogP contribution in [0.4, 0.5) is 31.1 Å². The Hall–Kier alpha value is -3.28. The summed E-state index contributed by atoms with van der Waals surface area (Å²) in [4.78, 5) is 30.5. The van der Waals surface area contributed by atoms with E-state index in [1.807, 2.05) is 30.6 Å². The molecule has 3 amide bonds. The van der Waals surface area contributed by atoms with Gasteiger partial charge in [-0.05, 0) is 59.4 Å². The van der Waals surface area contributed by atoms with Crippen LogP contribution in [0.15, 0.2) is 48.5 Å². The van der Waals surface area contributed by atoms with E-state index in [1.165, 1.54) is 12.1 Å². The van der Waals surface area contributed by atoms with E-state index in [-0.39, 0.29) is 29.7 Å². The zero-order valence-electron chi connectivity index (χ0n) is 25.9. The lowest BCUT2D eigenvalue weighted by Crippen LogP contribution is -2.60. The highest BCUT2D eigenvalue weighted by atomic mass is 19.4. The Labute approximate surface area is 260 Å². The molecule has 0 saturated carbocycles. The summed E-state index contributed by atoms with van der Waals surface area (Å²) >= 11 is 0. The molecule has 0 spiro atoms. The number of halogens is 6. The lowest BCUT2D eigenvalue weighted by atomic mass is 9.82. The summed E-state index contributed by atoms with van der Waals surface area (Å²) in [7, 11) is 0. The van der Waals surface area contributed by atoms with Crippen molar-refractivity contribution < 1.29 is 35.9 Å². The number of rotatable bonds is 7. The predicted octanol–water partition coefficient (Wildman–Crippen LogP) is 7.50. The van der Waals surface area contributed by atoms with E-state index in [4.69, 9.17) is 5.73 Å². The first kappa shape index (κ1) is 34.6. The van der Waals surface area contributed by atoms with Crippen molar-refractivity contribution in [3.63, 3.8) is 0 Å². The van der Waals surface area contributed by atoms with E-state index in [1.54, 1.807) is 29.2 Å². The molecule has 2 atom stereocenters. The van der Waals surface area contributed by atoms with Crippen molar-refractivity contribution in [2.75, 3.05) is 32.7 Å². The van der Waals surface area contributed by atoms with Crippen molar-refractivity contribution in [3.8, 4) is 11.1 Å². The van der Waals surface area contributed by atoms with Gasteiger partial charge in [0, 0.05) is 57.6 Å². The fraction of sp³-hybridized carbons (Fsp3) is 0.576. The molecule has 6 nitrogen and oxygen atoms in total. The number of piperazine rings is 1. The first-order valence-electron chi connectivity index (χ1n) is 15.3. The summed E-state index contributed by atoms with van der Waals surface area (Å²) in [5.41, 5.74) is 6.20. The average molecular weight is 641 g/mol. The Morgan fingerprint density at radius 3 is 1.89 bits per heavy atom. The van der Waals surface area contributed by atoms with Crippen LogP contribution in [-0.2, 0) is 11.0 Å². The number of hydrogen-bond acceptors (Lipinski definition) is 3. The van der Waals surface area contributed by atoms with Crippen LogP contribution in [0.3, 0.4) is 0 Å². The molecule has 2 aromatic rings. The molecule has 248 valence electrons. The van der Waals surface area contributed by atoms with Gasteiger partial charge >= 0.3 is 18.4 Å². The van der Waals surface area contributed by atoms with Gasteiger partial charge in [-0.25, -0.2) is 4.79 Å². The van der Waals surface area contributed by atoms with Crippen LogP contribution in [0.1, 0.15) is 70.0 Å². The molecular formula is C33H42F6N4O2. The predicted molar refractivity (Wildman–Crippen MR) is 160 cm³/mol. The summed E-state index contributed by atoms with van der Waals surface area (Å²) in [6.45, 7) is 8.29. The first-order chi connectivity index (χ1) is 20.9. The highest BCUT2D eigenvalue weighted by molar-refractivity contribution is 5.77. The number of primary amides is 1. The highest BCUT2D eigenvalue weighted by Crippen LogP contribution is 2.38. The largest absolute Gasteiger partial charge is 0.416 e. The molecule has 0 radical (unpaired) electrons. The maximum atomic E-state index is 13.6. The minimum absolute atomic E-state index is 0.0137. The maximum Gasteiger partial charge on any atom is 0.416 e. The summed E-state index contributed by atoms with van der Waals surface area (Å²) < 4.78 is 79.3. The lowest BCUT2D eigenvalue weighted by Gasteiger charge is -2.50. The van der Waals surface area contributed by atoms with Gasteiger partial charge in [-0.3, -0.25) is 9.69 Å². The molecule has 0 bridgehead atoms. The number of urea groups is 1. The summed E-state index contributed by atoms with van der Waals surface area (Å²) in [6, 6.07) is 10.5. The van der Waals surface area contributed by atoms with Crippen LogP contribution in [-0.4, -0.2) is 71.6 Å². The molecule has 45 heavy (non-hydrogen) atoms. The van der Waals surface area contributed by atoms with Crippen LogP contribution in [0.5, 0.6) is 0 Å². The molecule has 2 aromatic carbocycles. The number of carbonyl (C=O) groups excluding carboxylic acids is 2. The number of amides is 3. The van der Waals surface area contributed by atoms with Gasteiger partial charge in [0.05, 0.1) is 5.56 Å². The van der Waals surface area contributed by atoms with Gasteiger partial charge in [-0.15, -0.1) is 0 Å². The van der Waals surface area contributed by atoms with Gasteiger partial charge < -0.3 is 15.5 Å². The zero-order chi connectivity index (χ0) is 33.2. The Balaban J connectivity index is 1.51. The second-order valence-electron chi connectivity index (χ2n) is 13.3. The van der Waals surface area contributed by atoms with Gasteiger partial charge in [0.1, 0.15) is 0 Å². The summed E-state index contributed by atoms with van der Waals surface area (Å²) in [5, 5.41) is 0. The minimum Gasteiger partial charge on any atom is -0.351 e. The normalized spacial score (nSPS) is 19.9. The van der Waals surface area contributed by atoms with Crippen molar-refractivity contribution in [2.45, 2.75) is 77.3 Å². The van der Waals surface area contributed by atoms with Crippen LogP contribution in [0.25, 0.3) is 11.1 Å². The monoisotopic (exact) mass is 640 g/mol. The third-order valence-electron chi connectivity index (χ3n) is 9.10. The average Bonchev–Trinajstić information content (AvgIpc) is 2.96. The fourth-order valence-electron chi connectivity index (χ4n) is 6.46. The number of carbonyl (C=O) groups is 2. The number of hydrogen-bond donors (Lipinski definition) is 1. The first-order valence-corrected chi connectivity index (χ1v) is 15.3. The number of piperidine rings is 1. The number of alkyl halides is 6. The van der Waals surface area contributed by atoms with E-state index in [0.717, 1.165) is 12.1 Å². The highest BCUT2D eigenvalue weighted by Gasteiger charge is 2.41. The SMILES string of the molecule is CC(C)(C)[C@H]1CN(C(CCC(F)(F)F)c2ccc(-c3ccc(C(F)(F)F)cc3)cc2)CCN1C(=O)CC1CCN(C(N)=O)CC1. The van der Waals surface area contributed by atoms with E-state index in [9.17, 15) is 35.9 Å². The number of nitrogens with two attached hydrogens (primary N) is 1. The molecule has 4 rings (SSSR count). The lowest BCUT2D eigenvalue weighted by molar-refractivity contribution is -0.144. The Morgan fingerprint density at radius 1 is 0.844 bits per heavy atom. The van der Waals surface area contributed by atoms with Gasteiger partial charge in [0.25, 0.3) is 0 Å². The fourth-order valence-corrected chi connectivity index (χ4v) is 6.46. The van der Waals surface area contributed by atoms with Crippen LogP contribution < -0.4 is 5.73 Å². The number of nitrogens with zero attached hydrogens (tertiary/aromatic N) is 3. The van der Waals surface area contributed by atoms with Gasteiger partial charge in [-0.1, -0.05) is 57.2 Å². The molecular weight excluding hydrogens is 598 g/mol. The van der Waals surface area contributed by atoms with E-state index in [0.29, 0.717) is 68.7 Å². The van der Waals surface area contributed by atoms with Gasteiger partial charge in [0.2, 0.25) is 5.91 Å². The van der Waals surface area contributed by atoms with Crippen molar-refractivity contribution in [2.24, 2.45) is 17.1 Å². The Morgan fingerprint density at radius 2 is 1.40 bits per heavy atom. The second-order valence-corrected chi connectivity index (χ2v) is 13.3. The maximum absolute atomic E-state index is 13.6. The standard InChI is InChI=1S/C33H42F6N4O2/c1-31(2,3)28-21-42(18-19-43(28)29(44)20-22-13-16-41(17-14-22)30(40)45)27(12-15-32(34,35)36)25-6-4-23(5-7-25)24-8-10-26(11-9-24)33(37,38)39/h4-11,22,27-28H,12-21H2,1-3H3,(H2,40,45)/t27?,28-/m1/s1. The molecule has 2 fully saturated rings. The number of likely N-dealkylation sites (tertiary alicyclic amines) is 1. The minimum atomic E-state index is -4.45. The third kappa shape index (κ3) is 9.14. The summed E-state index contributed by atoms with van der Waals surface area (Å²) in [6.07, 6.45) is -8.19. The van der Waals surface area contributed by atoms with Crippen molar-refractivity contribution in [1.29, 1.82) is 0 Å². The molecule has 2 heterocycles. The molecule has 2 aliphatic rings. The quantitative estimate of drug-likeness (QED) is 0.319. The van der Waals surface area contributed by atoms with Crippen molar-refractivity contribution in [3.05, 3.63) is 59.7 Å². The van der Waals surface area contributed by atoms with Gasteiger partial charge in [0.15, 0.2) is 0 Å². The second kappa shape index (κ2) is 13.6. The molecule has 2 aliphatic heterocycles. The molecule has 0 aromatic heterocycles. The van der Waals surface area contributed by atoms with E-state index in [2.05, 4.69) is 0 Å². The topological polar surface area (TPSA) is 69.9 Å². The Kier molecular flexibility index (Phi) is 10.5. The molecule has 2 N–H and O–H groups in total. The van der Waals surface area contributed by atoms with Crippen molar-refractivity contribution >= 4 is 11.9 Å². The number of benzene rings is 2. The zero-order valence-corrected chi connectivity index (χ0v) is 25.9. The summed E-state index contributed by atoms with van der Waals surface area (Å²) in [5.74, 6) is 0.147. The van der Waals surface area contributed by atoms with Crippen LogP contribution >= 0.6 is 0 Å². The smallest absolute Gasteiger partial charge is 0.351 e. The molecule has 12 heteroatoms. The van der Waals surface area contributed by atoms with E-state index < -0.39 is 36.4 Å². The van der Waals surface area contributed by atoms with Crippen molar-refractivity contribution in [1.82, 2.24) is 14.7 Å². The molecule has 1 unspecified atom stereocenters. The molecule has 2 saturated heterocycles. The van der Waals surface area contributed by atoms with Gasteiger partial charge in [-0.2, -0.15) is 26.3 Å². The Bertz CT molecular complexity index is 1300. The third-order valence-corrected chi connectivity index (χ3v) is 9.10. The van der Waals surface area contributed by atoms with Crippen LogP contribution in [0.2, 0.25) is 0 Å². The van der Waals surface area contributed by atoms with Crippen LogP contribution in [0, 0.1) is 11.3 Å².